The molecular formula is C24H21N3O5S. The van der Waals surface area contributed by atoms with Crippen molar-refractivity contribution in [2.75, 3.05) is 10.8 Å². The van der Waals surface area contributed by atoms with Crippen LogP contribution < -0.4 is 9.86 Å². The van der Waals surface area contributed by atoms with Gasteiger partial charge in [-0.15, -0.1) is 0 Å². The maximum absolute atomic E-state index is 13.1. The first kappa shape index (κ1) is 22.2. The van der Waals surface area contributed by atoms with Crippen LogP contribution >= 0.6 is 0 Å². The molecule has 8 nitrogen and oxygen atoms in total. The first-order valence-corrected chi connectivity index (χ1v) is 11.7. The van der Waals surface area contributed by atoms with E-state index in [0.29, 0.717) is 17.0 Å². The highest BCUT2D eigenvalue weighted by atomic mass is 32.2. The van der Waals surface area contributed by atoms with Crippen molar-refractivity contribution in [2.24, 2.45) is 0 Å². The second-order valence-corrected chi connectivity index (χ2v) is 8.98. The minimum Gasteiger partial charge on any atom is -0.456 e. The monoisotopic (exact) mass is 463 g/mol. The Labute approximate surface area is 190 Å². The minimum atomic E-state index is -3.79. The Balaban J connectivity index is 1.49. The molecule has 0 aliphatic rings. The number of anilines is 1. The van der Waals surface area contributed by atoms with Gasteiger partial charge < -0.3 is 4.74 Å². The van der Waals surface area contributed by atoms with Crippen LogP contribution in [-0.4, -0.2) is 30.3 Å². The number of ether oxygens (including phenoxy) is 1. The number of carbonyl (C=O) groups is 1. The van der Waals surface area contributed by atoms with Crippen LogP contribution in [0.15, 0.2) is 94.7 Å². The molecule has 0 radical (unpaired) electrons. The van der Waals surface area contributed by atoms with Crippen molar-refractivity contribution in [3.05, 3.63) is 107 Å². The van der Waals surface area contributed by atoms with E-state index in [9.17, 15) is 18.0 Å². The summed E-state index contributed by atoms with van der Waals surface area (Å²) < 4.78 is 34.1. The summed E-state index contributed by atoms with van der Waals surface area (Å²) in [6, 6.07) is 20.8. The molecule has 0 bridgehead atoms. The summed E-state index contributed by atoms with van der Waals surface area (Å²) in [6.07, 6.45) is 1.60. The van der Waals surface area contributed by atoms with Gasteiger partial charge in [0.25, 0.3) is 15.6 Å². The number of rotatable bonds is 7. The zero-order valence-electron chi connectivity index (χ0n) is 17.8. The highest BCUT2D eigenvalue weighted by Crippen LogP contribution is 2.23. The largest absolute Gasteiger partial charge is 0.456 e. The van der Waals surface area contributed by atoms with Gasteiger partial charge in [0, 0.05) is 18.8 Å². The van der Waals surface area contributed by atoms with Crippen molar-refractivity contribution in [1.82, 2.24) is 9.38 Å². The third kappa shape index (κ3) is 4.63. The van der Waals surface area contributed by atoms with E-state index in [1.165, 1.54) is 39.0 Å². The number of benzene rings is 2. The number of esters is 1. The lowest BCUT2D eigenvalue weighted by Gasteiger charge is -2.22. The van der Waals surface area contributed by atoms with Crippen molar-refractivity contribution in [1.29, 1.82) is 0 Å². The molecular weight excluding hydrogens is 442 g/mol. The predicted octanol–water partition coefficient (Wildman–Crippen LogP) is 3.27. The number of nitrogens with zero attached hydrogens (tertiary/aromatic N) is 3. The molecule has 0 aliphatic heterocycles. The Morgan fingerprint density at radius 1 is 1.00 bits per heavy atom. The van der Waals surface area contributed by atoms with Crippen LogP contribution in [0.5, 0.6) is 0 Å². The van der Waals surface area contributed by atoms with E-state index >= 15 is 0 Å². The van der Waals surface area contributed by atoms with Crippen LogP contribution in [0.2, 0.25) is 0 Å². The van der Waals surface area contributed by atoms with Crippen LogP contribution in [0.1, 0.15) is 23.0 Å². The molecule has 4 rings (SSSR count). The van der Waals surface area contributed by atoms with Crippen LogP contribution in [0.3, 0.4) is 0 Å². The van der Waals surface area contributed by atoms with Gasteiger partial charge in [-0.3, -0.25) is 13.5 Å². The molecule has 0 saturated carbocycles. The van der Waals surface area contributed by atoms with E-state index in [-0.39, 0.29) is 29.2 Å². The first-order valence-electron chi connectivity index (χ1n) is 10.2. The Bertz CT molecular complexity index is 1450. The average Bonchev–Trinajstić information content (AvgIpc) is 2.83. The molecule has 2 aromatic heterocycles. The molecule has 2 heterocycles. The topological polar surface area (TPSA) is 98.0 Å². The standard InChI is InChI=1S/C24H21N3O5S/c1-2-27(20-8-4-3-5-9-20)33(30,31)21-13-11-18(12-14-21)24(29)32-17-19-16-23(28)26-15-7-6-10-22(26)25-19/h3-16H,2,17H2,1H3. The van der Waals surface area contributed by atoms with Gasteiger partial charge in [0.05, 0.1) is 21.8 Å². The molecule has 0 aliphatic carbocycles. The third-order valence-electron chi connectivity index (χ3n) is 4.98. The Kier molecular flexibility index (Phi) is 6.23. The third-order valence-corrected chi connectivity index (χ3v) is 6.90. The molecule has 0 amide bonds. The van der Waals surface area contributed by atoms with Crippen molar-refractivity contribution in [2.45, 2.75) is 18.4 Å². The van der Waals surface area contributed by atoms with E-state index in [2.05, 4.69) is 4.98 Å². The number of carbonyl (C=O) groups excluding carboxylic acids is 1. The Morgan fingerprint density at radius 2 is 1.70 bits per heavy atom. The van der Waals surface area contributed by atoms with Crippen LogP contribution in [0.4, 0.5) is 5.69 Å². The van der Waals surface area contributed by atoms with E-state index in [1.807, 2.05) is 6.07 Å². The highest BCUT2D eigenvalue weighted by molar-refractivity contribution is 7.92. The van der Waals surface area contributed by atoms with Crippen molar-refractivity contribution in [3.8, 4) is 0 Å². The Morgan fingerprint density at radius 3 is 2.39 bits per heavy atom. The molecule has 0 unspecified atom stereocenters. The number of aromatic nitrogens is 2. The van der Waals surface area contributed by atoms with E-state index < -0.39 is 16.0 Å². The number of pyridine rings is 1. The minimum absolute atomic E-state index is 0.0639. The summed E-state index contributed by atoms with van der Waals surface area (Å²) in [7, 11) is -3.79. The van der Waals surface area contributed by atoms with Crippen LogP contribution in [0, 0.1) is 0 Å². The molecule has 0 atom stereocenters. The molecule has 2 aromatic carbocycles. The van der Waals surface area contributed by atoms with Gasteiger partial charge in [-0.2, -0.15) is 0 Å². The smallest absolute Gasteiger partial charge is 0.338 e. The van der Waals surface area contributed by atoms with Crippen LogP contribution in [-0.2, 0) is 21.4 Å². The van der Waals surface area contributed by atoms with Gasteiger partial charge in [0.2, 0.25) is 0 Å². The highest BCUT2D eigenvalue weighted by Gasteiger charge is 2.23. The lowest BCUT2D eigenvalue weighted by Crippen LogP contribution is -2.30. The fourth-order valence-electron chi connectivity index (χ4n) is 3.38. The quantitative estimate of drug-likeness (QED) is 0.390. The number of para-hydroxylation sites is 1. The van der Waals surface area contributed by atoms with Gasteiger partial charge in [-0.1, -0.05) is 24.3 Å². The summed E-state index contributed by atoms with van der Waals surface area (Å²) in [4.78, 5) is 29.0. The second-order valence-electron chi connectivity index (χ2n) is 7.12. The fourth-order valence-corrected chi connectivity index (χ4v) is 4.85. The van der Waals surface area contributed by atoms with Crippen molar-refractivity contribution < 1.29 is 17.9 Å². The number of hydrogen-bond donors (Lipinski definition) is 0. The lowest BCUT2D eigenvalue weighted by atomic mass is 10.2. The summed E-state index contributed by atoms with van der Waals surface area (Å²) in [5, 5.41) is 0. The molecule has 0 N–H and O–H groups in total. The number of hydrogen-bond acceptors (Lipinski definition) is 6. The molecule has 0 saturated heterocycles. The van der Waals surface area contributed by atoms with Gasteiger partial charge in [-0.25, -0.2) is 18.2 Å². The molecule has 33 heavy (non-hydrogen) atoms. The maximum atomic E-state index is 13.1. The normalized spacial score (nSPS) is 11.3. The second kappa shape index (κ2) is 9.25. The number of fused-ring (bicyclic) bond motifs is 1. The molecule has 168 valence electrons. The summed E-state index contributed by atoms with van der Waals surface area (Å²) >= 11 is 0. The lowest BCUT2D eigenvalue weighted by molar-refractivity contribution is 0.0467. The molecule has 0 fully saturated rings. The maximum Gasteiger partial charge on any atom is 0.338 e. The summed E-state index contributed by atoms with van der Waals surface area (Å²) in [5.74, 6) is -0.649. The zero-order valence-corrected chi connectivity index (χ0v) is 18.6. The van der Waals surface area contributed by atoms with E-state index in [0.717, 1.165) is 0 Å². The van der Waals surface area contributed by atoms with Crippen LogP contribution in [0.25, 0.3) is 5.65 Å². The summed E-state index contributed by atoms with van der Waals surface area (Å²) in [5.41, 5.74) is 1.24. The molecule has 9 heteroatoms. The van der Waals surface area contributed by atoms with Gasteiger partial charge >= 0.3 is 5.97 Å². The fraction of sp³-hybridized carbons (Fsp3) is 0.125. The first-order chi connectivity index (χ1) is 15.9. The van der Waals surface area contributed by atoms with Gasteiger partial charge in [0.15, 0.2) is 0 Å². The summed E-state index contributed by atoms with van der Waals surface area (Å²) in [6.45, 7) is 1.83. The van der Waals surface area contributed by atoms with Gasteiger partial charge in [0.1, 0.15) is 12.3 Å². The zero-order chi connectivity index (χ0) is 23.4. The van der Waals surface area contributed by atoms with Gasteiger partial charge in [-0.05, 0) is 55.5 Å². The Hall–Kier alpha value is -3.98. The van der Waals surface area contributed by atoms with E-state index in [4.69, 9.17) is 4.74 Å². The number of sulfonamides is 1. The molecule has 0 spiro atoms. The van der Waals surface area contributed by atoms with Crippen molar-refractivity contribution >= 4 is 27.3 Å². The van der Waals surface area contributed by atoms with E-state index in [1.54, 1.807) is 55.6 Å². The van der Waals surface area contributed by atoms with Crippen molar-refractivity contribution in [3.63, 3.8) is 0 Å². The SMILES string of the molecule is CCN(c1ccccc1)S(=O)(=O)c1ccc(C(=O)OCc2cc(=O)n3ccccc3n2)cc1. The molecule has 4 aromatic rings. The average molecular weight is 464 g/mol. The predicted molar refractivity (Wildman–Crippen MR) is 124 cm³/mol.